The summed E-state index contributed by atoms with van der Waals surface area (Å²) in [5.74, 6) is -8.20. The van der Waals surface area contributed by atoms with Gasteiger partial charge in [-0.15, -0.1) is 0 Å². The van der Waals surface area contributed by atoms with E-state index in [2.05, 4.69) is 0 Å². The molecule has 0 saturated heterocycles. The monoisotopic (exact) mass is 528 g/mol. The summed E-state index contributed by atoms with van der Waals surface area (Å²) in [6.45, 7) is 1.67. The van der Waals surface area contributed by atoms with Crippen molar-refractivity contribution in [3.8, 4) is 22.3 Å². The van der Waals surface area contributed by atoms with Crippen LogP contribution in [0.2, 0.25) is 0 Å². The molecule has 38 heavy (non-hydrogen) atoms. The minimum Gasteiger partial charge on any atom is -0.209 e. The second-order valence-electron chi connectivity index (χ2n) is 8.92. The van der Waals surface area contributed by atoms with Crippen molar-refractivity contribution in [2.24, 2.45) is 0 Å². The molecule has 196 valence electrons. The zero-order valence-corrected chi connectivity index (χ0v) is 20.4. The molecule has 7 heteroatoms. The topological polar surface area (TPSA) is 0 Å². The fourth-order valence-corrected chi connectivity index (χ4v) is 4.16. The van der Waals surface area contributed by atoms with E-state index in [0.29, 0.717) is 18.4 Å². The van der Waals surface area contributed by atoms with Crippen molar-refractivity contribution in [3.63, 3.8) is 0 Å². The van der Waals surface area contributed by atoms with Gasteiger partial charge < -0.3 is 0 Å². The van der Waals surface area contributed by atoms with Crippen LogP contribution in [0.25, 0.3) is 28.1 Å². The molecule has 0 atom stereocenters. The van der Waals surface area contributed by atoms with Crippen molar-refractivity contribution in [1.82, 2.24) is 0 Å². The second-order valence-corrected chi connectivity index (χ2v) is 8.92. The van der Waals surface area contributed by atoms with Crippen LogP contribution < -0.4 is 0 Å². The summed E-state index contributed by atoms with van der Waals surface area (Å²) in [6, 6.07) is 17.6. The van der Waals surface area contributed by atoms with Gasteiger partial charge in [-0.1, -0.05) is 55.5 Å². The number of aryl methyl sites for hydroxylation is 1. The summed E-state index contributed by atoms with van der Waals surface area (Å²) in [5, 5.41) is 0. The highest BCUT2D eigenvalue weighted by Gasteiger charge is 2.16. The molecule has 4 aromatic rings. The summed E-state index contributed by atoms with van der Waals surface area (Å²) >= 11 is 0. The molecule has 0 spiro atoms. The Morgan fingerprint density at radius 1 is 0.579 bits per heavy atom. The first-order valence-electron chi connectivity index (χ1n) is 12.0. The summed E-state index contributed by atoms with van der Waals surface area (Å²) in [5.41, 5.74) is 2.54. The number of rotatable bonds is 8. The number of allylic oxidation sites excluding steroid dienone is 1. The highest BCUT2D eigenvalue weighted by molar-refractivity contribution is 5.70. The molecule has 0 radical (unpaired) electrons. The molecule has 0 saturated carbocycles. The quantitative estimate of drug-likeness (QED) is 0.158. The average molecular weight is 529 g/mol. The minimum absolute atomic E-state index is 0.0273. The van der Waals surface area contributed by atoms with E-state index in [1.54, 1.807) is 43.3 Å². The van der Waals surface area contributed by atoms with Crippen LogP contribution in [0.3, 0.4) is 0 Å². The van der Waals surface area contributed by atoms with Crippen molar-refractivity contribution >= 4 is 5.83 Å². The van der Waals surface area contributed by atoms with Gasteiger partial charge in [0.25, 0.3) is 0 Å². The van der Waals surface area contributed by atoms with Crippen molar-refractivity contribution in [1.29, 1.82) is 0 Å². The standard InChI is InChI=1S/C31H23F7/c1-2-3-25(32)30(37)23-16-26(33)24(27(34)17-23)13-6-18-4-7-19(8-5-18)20-9-11-21(12-10-20)22-14-28(35)31(38)29(36)15-22/h4-5,7-12,14-17H,2-3,6,13H2,1H3. The first-order valence-corrected chi connectivity index (χ1v) is 12.0. The van der Waals surface area contributed by atoms with Gasteiger partial charge in [-0.2, -0.15) is 0 Å². The molecule has 0 aliphatic rings. The van der Waals surface area contributed by atoms with E-state index in [-0.39, 0.29) is 24.0 Å². The molecule has 0 amide bonds. The average Bonchev–Trinajstić information content (AvgIpc) is 2.91. The van der Waals surface area contributed by atoms with Crippen molar-refractivity contribution < 1.29 is 30.7 Å². The van der Waals surface area contributed by atoms with E-state index in [1.807, 2.05) is 12.1 Å². The van der Waals surface area contributed by atoms with Gasteiger partial charge in [-0.25, -0.2) is 30.7 Å². The number of hydrogen-bond acceptors (Lipinski definition) is 0. The smallest absolute Gasteiger partial charge is 0.194 e. The van der Waals surface area contributed by atoms with E-state index in [0.717, 1.165) is 41.0 Å². The van der Waals surface area contributed by atoms with E-state index in [9.17, 15) is 30.7 Å². The molecule has 0 N–H and O–H groups in total. The third kappa shape index (κ3) is 5.98. The van der Waals surface area contributed by atoms with E-state index in [4.69, 9.17) is 0 Å². The lowest BCUT2D eigenvalue weighted by Gasteiger charge is -2.09. The van der Waals surface area contributed by atoms with Crippen LogP contribution in [0.15, 0.2) is 78.6 Å². The largest absolute Gasteiger partial charge is 0.209 e. The molecule has 0 unspecified atom stereocenters. The molecular formula is C31H23F7. The number of benzene rings is 4. The summed E-state index contributed by atoms with van der Waals surface area (Å²) in [6.07, 6.45) is 0.562. The van der Waals surface area contributed by atoms with Crippen molar-refractivity contribution in [2.45, 2.75) is 32.6 Å². The van der Waals surface area contributed by atoms with E-state index >= 15 is 0 Å². The fourth-order valence-electron chi connectivity index (χ4n) is 4.16. The van der Waals surface area contributed by atoms with Crippen molar-refractivity contribution in [2.75, 3.05) is 0 Å². The Kier molecular flexibility index (Phi) is 8.35. The highest BCUT2D eigenvalue weighted by Crippen LogP contribution is 2.29. The molecule has 0 aromatic heterocycles. The zero-order chi connectivity index (χ0) is 27.4. The van der Waals surface area contributed by atoms with Crippen molar-refractivity contribution in [3.05, 3.63) is 124 Å². The van der Waals surface area contributed by atoms with Crippen LogP contribution in [0.1, 0.15) is 36.5 Å². The van der Waals surface area contributed by atoms with Gasteiger partial charge in [-0.05, 0) is 71.3 Å². The molecule has 4 rings (SSSR count). The zero-order valence-electron chi connectivity index (χ0n) is 20.4. The molecule has 4 aromatic carbocycles. The highest BCUT2D eigenvalue weighted by atomic mass is 19.2. The second kappa shape index (κ2) is 11.7. The first kappa shape index (κ1) is 27.2. The van der Waals surface area contributed by atoms with Gasteiger partial charge in [0.05, 0.1) is 0 Å². The molecule has 0 heterocycles. The maximum Gasteiger partial charge on any atom is 0.194 e. The maximum absolute atomic E-state index is 14.5. The summed E-state index contributed by atoms with van der Waals surface area (Å²) < 4.78 is 97.2. The van der Waals surface area contributed by atoms with Gasteiger partial charge in [0.2, 0.25) is 0 Å². The molecule has 0 fully saturated rings. The lowest BCUT2D eigenvalue weighted by molar-refractivity contribution is 0.448. The lowest BCUT2D eigenvalue weighted by Crippen LogP contribution is -2.01. The fraction of sp³-hybridized carbons (Fsp3) is 0.161. The third-order valence-electron chi connectivity index (χ3n) is 6.26. The lowest BCUT2D eigenvalue weighted by atomic mass is 9.97. The molecule has 0 aliphatic heterocycles. The minimum atomic E-state index is -1.52. The molecule has 0 aliphatic carbocycles. The predicted molar refractivity (Wildman–Crippen MR) is 135 cm³/mol. The van der Waals surface area contributed by atoms with Crippen LogP contribution in [0.5, 0.6) is 0 Å². The molecular weight excluding hydrogens is 505 g/mol. The third-order valence-corrected chi connectivity index (χ3v) is 6.26. The summed E-state index contributed by atoms with van der Waals surface area (Å²) in [7, 11) is 0. The van der Waals surface area contributed by atoms with Gasteiger partial charge >= 0.3 is 0 Å². The van der Waals surface area contributed by atoms with Crippen LogP contribution in [0, 0.1) is 29.1 Å². The maximum atomic E-state index is 14.5. The van der Waals surface area contributed by atoms with Crippen LogP contribution in [-0.4, -0.2) is 0 Å². The summed E-state index contributed by atoms with van der Waals surface area (Å²) in [4.78, 5) is 0. The normalized spacial score (nSPS) is 12.0. The van der Waals surface area contributed by atoms with E-state index < -0.39 is 46.3 Å². The Hall–Kier alpha value is -3.87. The molecule has 0 bridgehead atoms. The number of halogens is 7. The predicted octanol–water partition coefficient (Wildman–Crippen LogP) is 9.91. The van der Waals surface area contributed by atoms with Gasteiger partial charge in [0, 0.05) is 17.5 Å². The van der Waals surface area contributed by atoms with Gasteiger partial charge in [0.15, 0.2) is 23.3 Å². The van der Waals surface area contributed by atoms with Gasteiger partial charge in [0.1, 0.15) is 17.5 Å². The Morgan fingerprint density at radius 3 is 1.55 bits per heavy atom. The first-order chi connectivity index (χ1) is 18.2. The Balaban J connectivity index is 1.45. The van der Waals surface area contributed by atoms with E-state index in [1.165, 1.54) is 0 Å². The van der Waals surface area contributed by atoms with Crippen LogP contribution in [-0.2, 0) is 12.8 Å². The van der Waals surface area contributed by atoms with Gasteiger partial charge in [-0.3, -0.25) is 0 Å². The Labute approximate surface area is 216 Å². The number of hydrogen-bond donors (Lipinski definition) is 0. The Morgan fingerprint density at radius 2 is 1.05 bits per heavy atom. The van der Waals surface area contributed by atoms with Crippen LogP contribution >= 0.6 is 0 Å². The molecule has 0 nitrogen and oxygen atoms in total. The van der Waals surface area contributed by atoms with Crippen LogP contribution in [0.4, 0.5) is 30.7 Å². The SMILES string of the molecule is CCCC(F)=C(F)c1cc(F)c(CCc2ccc(-c3ccc(-c4cc(F)c(F)c(F)c4)cc3)cc2)c(F)c1. The Bertz CT molecular complexity index is 1420.